The van der Waals surface area contributed by atoms with Crippen molar-refractivity contribution in [1.29, 1.82) is 0 Å². The maximum absolute atomic E-state index is 13.1. The molecule has 0 unspecified atom stereocenters. The van der Waals surface area contributed by atoms with E-state index in [2.05, 4.69) is 20.8 Å². The number of aliphatic hydroxyl groups is 1. The van der Waals surface area contributed by atoms with Crippen LogP contribution in [0.4, 0.5) is 5.13 Å². The molecule has 200 valence electrons. The second-order valence-corrected chi connectivity index (χ2v) is 10.0. The van der Waals surface area contributed by atoms with Gasteiger partial charge in [0.1, 0.15) is 42.3 Å². The predicted octanol–water partition coefficient (Wildman–Crippen LogP) is 1.49. The molecule has 0 saturated carbocycles. The molecule has 1 saturated heterocycles. The van der Waals surface area contributed by atoms with Crippen molar-refractivity contribution in [3.8, 4) is 0 Å². The summed E-state index contributed by atoms with van der Waals surface area (Å²) in [6.45, 7) is 0.958. The van der Waals surface area contributed by atoms with E-state index >= 15 is 0 Å². The lowest BCUT2D eigenvalue weighted by atomic mass is 10.0. The minimum Gasteiger partial charge on any atom is -0.508 e. The van der Waals surface area contributed by atoms with Gasteiger partial charge >= 0.3 is 11.9 Å². The number of thioether (sulfide) groups is 1. The number of anilines is 1. The Balaban J connectivity index is 1.45. The molecular weight excluding hydrogens is 538 g/mol. The zero-order valence-corrected chi connectivity index (χ0v) is 21.8. The zero-order chi connectivity index (χ0) is 27.4. The average Bonchev–Trinajstić information content (AvgIpc) is 3.36. The highest BCUT2D eigenvalue weighted by Gasteiger charge is 2.54. The van der Waals surface area contributed by atoms with E-state index < -0.39 is 35.2 Å². The SMILES string of the molecule is CO/N=C(/C(=O)N[C@@H]1C(=O)N2C(C(=O)O)=C(COC(C)=O)CS[C@H]12)c1csc(N/C=C2/CC=CC=C2O)n1. The van der Waals surface area contributed by atoms with Gasteiger partial charge in [0.05, 0.1) is 0 Å². The fourth-order valence-corrected chi connectivity index (χ4v) is 5.78. The number of nitrogens with one attached hydrogen (secondary N) is 2. The van der Waals surface area contributed by atoms with E-state index in [0.29, 0.717) is 22.7 Å². The van der Waals surface area contributed by atoms with Gasteiger partial charge in [-0.2, -0.15) is 0 Å². The van der Waals surface area contributed by atoms with Gasteiger partial charge in [0.15, 0.2) is 10.8 Å². The summed E-state index contributed by atoms with van der Waals surface area (Å²) in [5.74, 6) is -2.92. The number of carboxylic acids is 1. The van der Waals surface area contributed by atoms with Crippen LogP contribution in [0.25, 0.3) is 0 Å². The quantitative estimate of drug-likeness (QED) is 0.148. The van der Waals surface area contributed by atoms with Gasteiger partial charge in [0.2, 0.25) is 0 Å². The Morgan fingerprint density at radius 1 is 1.37 bits per heavy atom. The van der Waals surface area contributed by atoms with E-state index in [9.17, 15) is 29.4 Å². The Morgan fingerprint density at radius 3 is 2.84 bits per heavy atom. The highest BCUT2D eigenvalue weighted by molar-refractivity contribution is 8.00. The Kier molecular flexibility index (Phi) is 8.16. The fraction of sp³-hybridized carbons (Fsp3) is 0.304. The van der Waals surface area contributed by atoms with Crippen molar-refractivity contribution in [2.75, 3.05) is 24.8 Å². The minimum atomic E-state index is -1.33. The molecule has 0 bridgehead atoms. The number of carbonyl (C=O) groups is 4. The Morgan fingerprint density at radius 2 is 2.16 bits per heavy atom. The molecule has 15 heteroatoms. The molecule has 3 heterocycles. The van der Waals surface area contributed by atoms with Crippen LogP contribution in [-0.2, 0) is 28.8 Å². The molecule has 1 fully saturated rings. The lowest BCUT2D eigenvalue weighted by Crippen LogP contribution is -2.71. The number of aliphatic hydroxyl groups excluding tert-OH is 1. The van der Waals surface area contributed by atoms with Crippen LogP contribution in [0.2, 0.25) is 0 Å². The summed E-state index contributed by atoms with van der Waals surface area (Å²) >= 11 is 2.43. The van der Waals surface area contributed by atoms with Gasteiger partial charge in [-0.15, -0.1) is 23.1 Å². The molecule has 2 atom stereocenters. The summed E-state index contributed by atoms with van der Waals surface area (Å²) < 4.78 is 4.92. The van der Waals surface area contributed by atoms with E-state index in [4.69, 9.17) is 9.57 Å². The third-order valence-corrected chi connectivity index (χ3v) is 7.67. The first-order valence-electron chi connectivity index (χ1n) is 11.1. The average molecular weight is 562 g/mol. The molecule has 3 aliphatic rings. The minimum absolute atomic E-state index is 0.136. The summed E-state index contributed by atoms with van der Waals surface area (Å²) in [5.41, 5.74) is 0.712. The number of aliphatic carboxylic acids is 1. The van der Waals surface area contributed by atoms with Crippen LogP contribution in [0.1, 0.15) is 19.0 Å². The van der Waals surface area contributed by atoms with Gasteiger partial charge in [-0.3, -0.25) is 19.3 Å². The lowest BCUT2D eigenvalue weighted by molar-refractivity contribution is -0.150. The van der Waals surface area contributed by atoms with Crippen molar-refractivity contribution in [3.05, 3.63) is 58.1 Å². The third-order valence-electron chi connectivity index (χ3n) is 5.56. The summed E-state index contributed by atoms with van der Waals surface area (Å²) in [4.78, 5) is 59.2. The number of allylic oxidation sites excluding steroid dienone is 4. The summed E-state index contributed by atoms with van der Waals surface area (Å²) in [6, 6.07) is -1.01. The Labute approximate surface area is 224 Å². The molecule has 13 nitrogen and oxygen atoms in total. The second-order valence-electron chi connectivity index (χ2n) is 8.06. The fourth-order valence-electron chi connectivity index (χ4n) is 3.78. The molecule has 0 spiro atoms. The molecule has 1 aliphatic carbocycles. The standard InChI is InChI=1S/C23H23N5O8S2/c1-11(29)36-8-13-9-37-21-17(20(32)28(21)18(13)22(33)34)26-19(31)16(27-35-2)14-10-38-23(25-14)24-7-12-5-3-4-6-15(12)30/h3-4,6-7,10,17,21,30H,5,8-9H2,1-2H3,(H,24,25)(H,26,31)(H,33,34)/b12-7-,27-16+/t17-,21-/m1/s1. The number of hydrogen-bond acceptors (Lipinski definition) is 12. The Bertz CT molecular complexity index is 1330. The number of carboxylic acid groups (broad SMARTS) is 1. The molecule has 0 radical (unpaired) electrons. The van der Waals surface area contributed by atoms with Crippen LogP contribution in [0.5, 0.6) is 0 Å². The lowest BCUT2D eigenvalue weighted by Gasteiger charge is -2.49. The number of rotatable bonds is 9. The number of amides is 2. The molecule has 0 aromatic carbocycles. The zero-order valence-electron chi connectivity index (χ0n) is 20.2. The Hall–Kier alpha value is -4.11. The van der Waals surface area contributed by atoms with Crippen LogP contribution < -0.4 is 10.6 Å². The number of aromatic nitrogens is 1. The maximum Gasteiger partial charge on any atom is 0.352 e. The van der Waals surface area contributed by atoms with Crippen molar-refractivity contribution < 1.29 is 39.0 Å². The largest absolute Gasteiger partial charge is 0.508 e. The normalized spacial score (nSPS) is 21.9. The molecule has 1 aromatic rings. The van der Waals surface area contributed by atoms with Gasteiger partial charge in [-0.1, -0.05) is 17.3 Å². The number of nitrogens with zero attached hydrogens (tertiary/aromatic N) is 3. The van der Waals surface area contributed by atoms with Crippen molar-refractivity contribution >= 4 is 57.7 Å². The van der Waals surface area contributed by atoms with E-state index in [1.807, 2.05) is 6.08 Å². The van der Waals surface area contributed by atoms with Crippen LogP contribution in [0, 0.1) is 0 Å². The van der Waals surface area contributed by atoms with Crippen molar-refractivity contribution in [2.45, 2.75) is 24.8 Å². The van der Waals surface area contributed by atoms with Gasteiger partial charge in [0.25, 0.3) is 11.8 Å². The number of fused-ring (bicyclic) bond motifs is 1. The molecule has 2 aliphatic heterocycles. The maximum atomic E-state index is 13.1. The molecule has 38 heavy (non-hydrogen) atoms. The number of thiazole rings is 1. The number of carbonyl (C=O) groups excluding carboxylic acids is 3. The van der Waals surface area contributed by atoms with Crippen molar-refractivity contribution in [2.24, 2.45) is 5.16 Å². The smallest absolute Gasteiger partial charge is 0.352 e. The molecule has 1 aromatic heterocycles. The van der Waals surface area contributed by atoms with Gasteiger partial charge in [-0.25, -0.2) is 9.78 Å². The first kappa shape index (κ1) is 26.9. The van der Waals surface area contributed by atoms with E-state index in [0.717, 1.165) is 4.90 Å². The number of hydrogen-bond donors (Lipinski definition) is 4. The number of esters is 1. The molecular formula is C23H23N5O8S2. The number of oxime groups is 1. The van der Waals surface area contributed by atoms with Gasteiger partial charge in [-0.05, 0) is 12.5 Å². The van der Waals surface area contributed by atoms with Crippen molar-refractivity contribution in [3.63, 3.8) is 0 Å². The number of ether oxygens (including phenoxy) is 1. The van der Waals surface area contributed by atoms with E-state index in [1.165, 1.54) is 37.1 Å². The summed E-state index contributed by atoms with van der Waals surface area (Å²) in [5, 5.41) is 30.3. The molecule has 2 amide bonds. The third kappa shape index (κ3) is 5.57. The second kappa shape index (κ2) is 11.5. The summed E-state index contributed by atoms with van der Waals surface area (Å²) in [6.07, 6.45) is 7.36. The van der Waals surface area contributed by atoms with E-state index in [1.54, 1.807) is 23.7 Å². The van der Waals surface area contributed by atoms with Crippen LogP contribution in [-0.4, -0.2) is 80.4 Å². The van der Waals surface area contributed by atoms with Crippen LogP contribution in [0.15, 0.2) is 57.6 Å². The molecule has 4 N–H and O–H groups in total. The summed E-state index contributed by atoms with van der Waals surface area (Å²) in [7, 11) is 1.26. The van der Waals surface area contributed by atoms with Crippen LogP contribution >= 0.6 is 23.1 Å². The highest BCUT2D eigenvalue weighted by Crippen LogP contribution is 2.40. The van der Waals surface area contributed by atoms with Gasteiger partial charge in [0, 0.05) is 35.4 Å². The topological polar surface area (TPSA) is 180 Å². The first-order valence-corrected chi connectivity index (χ1v) is 13.1. The first-order chi connectivity index (χ1) is 18.2. The van der Waals surface area contributed by atoms with Gasteiger partial charge < -0.3 is 30.4 Å². The highest BCUT2D eigenvalue weighted by atomic mass is 32.2. The molecule has 4 rings (SSSR count). The predicted molar refractivity (Wildman–Crippen MR) is 138 cm³/mol. The van der Waals surface area contributed by atoms with Crippen LogP contribution in [0.3, 0.4) is 0 Å². The monoisotopic (exact) mass is 561 g/mol. The number of β-lactam (4-membered cyclic amide) rings is 1. The van der Waals surface area contributed by atoms with E-state index in [-0.39, 0.29) is 35.2 Å². The van der Waals surface area contributed by atoms with Crippen molar-refractivity contribution in [1.82, 2.24) is 15.2 Å².